The van der Waals surface area contributed by atoms with Crippen molar-refractivity contribution >= 4 is 17.6 Å². The van der Waals surface area contributed by atoms with Gasteiger partial charge in [-0.3, -0.25) is 4.79 Å². The molecule has 1 aromatic carbocycles. The molecule has 2 N–H and O–H groups in total. The van der Waals surface area contributed by atoms with Crippen molar-refractivity contribution in [2.75, 3.05) is 11.4 Å². The van der Waals surface area contributed by atoms with Gasteiger partial charge in [0.2, 0.25) is 5.91 Å². The molecular formula is C11H10FNO4. The van der Waals surface area contributed by atoms with E-state index >= 15 is 0 Å². The molecule has 0 saturated carbocycles. The van der Waals surface area contributed by atoms with Crippen LogP contribution in [0.25, 0.3) is 0 Å². The van der Waals surface area contributed by atoms with Crippen LogP contribution in [0, 0.1) is 5.82 Å². The molecule has 0 aliphatic carbocycles. The number of aliphatic hydroxyl groups is 1. The zero-order valence-corrected chi connectivity index (χ0v) is 8.76. The summed E-state index contributed by atoms with van der Waals surface area (Å²) < 4.78 is 13.4. The lowest BCUT2D eigenvalue weighted by molar-refractivity contribution is -0.117. The Hall–Kier alpha value is -1.95. The maximum absolute atomic E-state index is 13.4. The third-order valence-electron chi connectivity index (χ3n) is 2.60. The number of benzene rings is 1. The normalized spacial score (nSPS) is 19.8. The van der Waals surface area contributed by atoms with Gasteiger partial charge in [0.15, 0.2) is 0 Å². The predicted octanol–water partition coefficient (Wildman–Crippen LogP) is 0.621. The molecule has 0 radical (unpaired) electrons. The highest BCUT2D eigenvalue weighted by atomic mass is 19.1. The fourth-order valence-corrected chi connectivity index (χ4v) is 1.87. The van der Waals surface area contributed by atoms with E-state index in [0.717, 1.165) is 11.0 Å². The summed E-state index contributed by atoms with van der Waals surface area (Å²) in [6, 6.07) is 3.70. The van der Waals surface area contributed by atoms with Crippen molar-refractivity contribution in [3.8, 4) is 0 Å². The lowest BCUT2D eigenvalue weighted by Gasteiger charge is -2.18. The Labute approximate surface area is 96.1 Å². The Morgan fingerprint density at radius 3 is 2.71 bits per heavy atom. The van der Waals surface area contributed by atoms with Gasteiger partial charge in [-0.05, 0) is 12.1 Å². The van der Waals surface area contributed by atoms with E-state index in [1.807, 2.05) is 0 Å². The molecule has 2 rings (SSSR count). The minimum Gasteiger partial charge on any atom is -0.478 e. The SMILES string of the molecule is O=C(O)c1c(F)cccc1N1CC(O)CC1=O. The van der Waals surface area contributed by atoms with Gasteiger partial charge in [0, 0.05) is 0 Å². The number of rotatable bonds is 2. The Morgan fingerprint density at radius 1 is 1.47 bits per heavy atom. The number of β-amino-alcohol motifs (C(OH)–C–C–N with tert-alkyl or cyclic N) is 1. The molecule has 5 nitrogen and oxygen atoms in total. The molecule has 1 heterocycles. The predicted molar refractivity (Wildman–Crippen MR) is 56.3 cm³/mol. The minimum absolute atomic E-state index is 0.0113. The van der Waals surface area contributed by atoms with Crippen LogP contribution in [0.5, 0.6) is 0 Å². The fourth-order valence-electron chi connectivity index (χ4n) is 1.87. The molecule has 17 heavy (non-hydrogen) atoms. The summed E-state index contributed by atoms with van der Waals surface area (Å²) in [5.74, 6) is -2.75. The van der Waals surface area contributed by atoms with E-state index in [9.17, 15) is 19.1 Å². The first-order valence-corrected chi connectivity index (χ1v) is 5.01. The highest BCUT2D eigenvalue weighted by Crippen LogP contribution is 2.27. The number of carboxylic acids is 1. The second kappa shape index (κ2) is 4.14. The molecule has 1 aliphatic heterocycles. The highest BCUT2D eigenvalue weighted by Gasteiger charge is 2.32. The first-order valence-electron chi connectivity index (χ1n) is 5.01. The van der Waals surface area contributed by atoms with Crippen LogP contribution in [0.3, 0.4) is 0 Å². The molecule has 1 aliphatic rings. The lowest BCUT2D eigenvalue weighted by Crippen LogP contribution is -2.27. The van der Waals surface area contributed by atoms with Gasteiger partial charge < -0.3 is 15.1 Å². The molecule has 6 heteroatoms. The second-order valence-electron chi connectivity index (χ2n) is 3.80. The summed E-state index contributed by atoms with van der Waals surface area (Å²) in [6.45, 7) is -0.0113. The summed E-state index contributed by atoms with van der Waals surface area (Å²) in [7, 11) is 0. The van der Waals surface area contributed by atoms with Gasteiger partial charge in [-0.25, -0.2) is 9.18 Å². The van der Waals surface area contributed by atoms with Crippen LogP contribution in [-0.2, 0) is 4.79 Å². The molecule has 1 saturated heterocycles. The number of amides is 1. The highest BCUT2D eigenvalue weighted by molar-refractivity contribution is 6.03. The van der Waals surface area contributed by atoms with Crippen LogP contribution < -0.4 is 4.90 Å². The zero-order valence-electron chi connectivity index (χ0n) is 8.76. The maximum Gasteiger partial charge on any atom is 0.340 e. The topological polar surface area (TPSA) is 77.8 Å². The third kappa shape index (κ3) is 1.99. The summed E-state index contributed by atoms with van der Waals surface area (Å²) in [6.07, 6.45) is -0.914. The standard InChI is InChI=1S/C11H10FNO4/c12-7-2-1-3-8(10(7)11(16)17)13-5-6(14)4-9(13)15/h1-3,6,14H,4-5H2,(H,16,17). The number of hydrogen-bond acceptors (Lipinski definition) is 3. The maximum atomic E-state index is 13.4. The molecule has 90 valence electrons. The Kier molecular flexibility index (Phi) is 2.81. The van der Waals surface area contributed by atoms with Crippen molar-refractivity contribution in [3.63, 3.8) is 0 Å². The van der Waals surface area contributed by atoms with Gasteiger partial charge in [-0.1, -0.05) is 6.07 Å². The van der Waals surface area contributed by atoms with Gasteiger partial charge >= 0.3 is 5.97 Å². The average Bonchev–Trinajstić information content (AvgIpc) is 2.56. The molecule has 0 spiro atoms. The summed E-state index contributed by atoms with van der Waals surface area (Å²) in [4.78, 5) is 23.6. The number of halogens is 1. The van der Waals surface area contributed by atoms with Gasteiger partial charge in [0.25, 0.3) is 0 Å². The number of nitrogens with zero attached hydrogens (tertiary/aromatic N) is 1. The van der Waals surface area contributed by atoms with E-state index in [-0.39, 0.29) is 18.7 Å². The van der Waals surface area contributed by atoms with Crippen LogP contribution in [0.2, 0.25) is 0 Å². The lowest BCUT2D eigenvalue weighted by atomic mass is 10.1. The Bertz CT molecular complexity index is 488. The quantitative estimate of drug-likeness (QED) is 0.793. The number of aromatic carboxylic acids is 1. The van der Waals surface area contributed by atoms with Crippen LogP contribution in [0.4, 0.5) is 10.1 Å². The van der Waals surface area contributed by atoms with E-state index in [4.69, 9.17) is 5.11 Å². The Balaban J connectivity index is 2.49. The van der Waals surface area contributed by atoms with Gasteiger partial charge in [-0.2, -0.15) is 0 Å². The van der Waals surface area contributed by atoms with E-state index in [1.54, 1.807) is 0 Å². The van der Waals surface area contributed by atoms with Crippen molar-refractivity contribution in [2.24, 2.45) is 0 Å². The molecule has 0 bridgehead atoms. The molecule has 1 aromatic rings. The smallest absolute Gasteiger partial charge is 0.340 e. The summed E-state index contributed by atoms with van der Waals surface area (Å²) in [5.41, 5.74) is -0.561. The van der Waals surface area contributed by atoms with Crippen molar-refractivity contribution in [2.45, 2.75) is 12.5 Å². The summed E-state index contributed by atoms with van der Waals surface area (Å²) in [5, 5.41) is 18.2. The first kappa shape index (κ1) is 11.5. The second-order valence-corrected chi connectivity index (χ2v) is 3.80. The molecule has 1 amide bonds. The van der Waals surface area contributed by atoms with Crippen molar-refractivity contribution in [1.29, 1.82) is 0 Å². The zero-order chi connectivity index (χ0) is 12.6. The molecule has 0 aromatic heterocycles. The Morgan fingerprint density at radius 2 is 2.18 bits per heavy atom. The number of aliphatic hydroxyl groups excluding tert-OH is 1. The van der Waals surface area contributed by atoms with Crippen molar-refractivity contribution in [1.82, 2.24) is 0 Å². The monoisotopic (exact) mass is 239 g/mol. The number of anilines is 1. The van der Waals surface area contributed by atoms with Crippen molar-refractivity contribution < 1.29 is 24.2 Å². The number of carbonyl (C=O) groups is 2. The van der Waals surface area contributed by atoms with Gasteiger partial charge in [-0.15, -0.1) is 0 Å². The van der Waals surface area contributed by atoms with E-state index in [0.29, 0.717) is 0 Å². The van der Waals surface area contributed by atoms with Crippen molar-refractivity contribution in [3.05, 3.63) is 29.6 Å². The van der Waals surface area contributed by atoms with E-state index < -0.39 is 29.4 Å². The molecule has 1 atom stereocenters. The number of carbonyl (C=O) groups excluding carboxylic acids is 1. The average molecular weight is 239 g/mol. The van der Waals surface area contributed by atoms with Gasteiger partial charge in [0.1, 0.15) is 11.4 Å². The minimum atomic E-state index is -1.44. The largest absolute Gasteiger partial charge is 0.478 e. The number of hydrogen-bond donors (Lipinski definition) is 2. The number of carboxylic acid groups (broad SMARTS) is 1. The van der Waals surface area contributed by atoms with Crippen LogP contribution in [-0.4, -0.2) is 34.7 Å². The third-order valence-corrected chi connectivity index (χ3v) is 2.60. The van der Waals surface area contributed by atoms with Gasteiger partial charge in [0.05, 0.1) is 24.8 Å². The van der Waals surface area contributed by atoms with Crippen LogP contribution >= 0.6 is 0 Å². The van der Waals surface area contributed by atoms with Crippen LogP contribution in [0.1, 0.15) is 16.8 Å². The molecular weight excluding hydrogens is 229 g/mol. The van der Waals surface area contributed by atoms with E-state index in [2.05, 4.69) is 0 Å². The molecule has 1 unspecified atom stereocenters. The van der Waals surface area contributed by atoms with Crippen LogP contribution in [0.15, 0.2) is 18.2 Å². The summed E-state index contributed by atoms with van der Waals surface area (Å²) >= 11 is 0. The molecule has 1 fully saturated rings. The van der Waals surface area contributed by atoms with E-state index in [1.165, 1.54) is 12.1 Å². The first-order chi connectivity index (χ1) is 8.00. The fraction of sp³-hybridized carbons (Fsp3) is 0.273.